The van der Waals surface area contributed by atoms with Crippen LogP contribution in [0.3, 0.4) is 0 Å². The Labute approximate surface area is 117 Å². The van der Waals surface area contributed by atoms with Gasteiger partial charge < -0.3 is 14.9 Å². The number of hydrogen-bond acceptors (Lipinski definition) is 3. The Morgan fingerprint density at radius 2 is 1.71 bits per heavy atom. The summed E-state index contributed by atoms with van der Waals surface area (Å²) >= 11 is 0. The van der Waals surface area contributed by atoms with Gasteiger partial charge in [0.15, 0.2) is 0 Å². The molecule has 10 heteroatoms. The zero-order valence-electron chi connectivity index (χ0n) is 11.4. The number of carbonyl (C=O) groups is 1. The first-order valence-electron chi connectivity index (χ1n) is 6.10. The highest BCUT2D eigenvalue weighted by Gasteiger charge is 2.63. The van der Waals surface area contributed by atoms with E-state index in [9.17, 15) is 36.2 Å². The first-order valence-corrected chi connectivity index (χ1v) is 6.10. The Kier molecular flexibility index (Phi) is 5.14. The molecule has 0 aliphatic carbocycles. The van der Waals surface area contributed by atoms with Crippen LogP contribution in [0.1, 0.15) is 6.42 Å². The van der Waals surface area contributed by atoms with Gasteiger partial charge in [-0.1, -0.05) is 0 Å². The molecule has 1 N–H and O–H groups in total. The Bertz CT molecular complexity index is 368. The molecule has 0 aromatic heterocycles. The SMILES string of the molecule is CN(C)CC1CC(O)CN1C(=O)C(C(F)(F)F)C(F)(F)F. The maximum atomic E-state index is 12.6. The number of likely N-dealkylation sites (N-methyl/N-ethyl adjacent to an activating group) is 1. The van der Waals surface area contributed by atoms with Crippen molar-refractivity contribution in [1.29, 1.82) is 0 Å². The second-order valence-corrected chi connectivity index (χ2v) is 5.31. The highest BCUT2D eigenvalue weighted by molar-refractivity contribution is 5.81. The second kappa shape index (κ2) is 5.99. The van der Waals surface area contributed by atoms with Gasteiger partial charge in [0.05, 0.1) is 6.10 Å². The molecule has 0 radical (unpaired) electrons. The first kappa shape index (κ1) is 18.0. The molecule has 0 aromatic carbocycles. The molecule has 0 saturated carbocycles. The molecule has 1 amide bonds. The van der Waals surface area contributed by atoms with E-state index < -0.39 is 42.9 Å². The summed E-state index contributed by atoms with van der Waals surface area (Å²) in [6.07, 6.45) is -12.6. The summed E-state index contributed by atoms with van der Waals surface area (Å²) in [5, 5.41) is 9.44. The van der Waals surface area contributed by atoms with E-state index in [2.05, 4.69) is 0 Å². The lowest BCUT2D eigenvalue weighted by Crippen LogP contribution is -2.52. The quantitative estimate of drug-likeness (QED) is 0.796. The number of likely N-dealkylation sites (tertiary alicyclic amines) is 1. The van der Waals surface area contributed by atoms with E-state index in [1.165, 1.54) is 4.90 Å². The third-order valence-electron chi connectivity index (χ3n) is 3.15. The minimum Gasteiger partial charge on any atom is -0.391 e. The molecular formula is C11H16F6N2O2. The van der Waals surface area contributed by atoms with E-state index in [1.807, 2.05) is 0 Å². The minimum atomic E-state index is -5.72. The van der Waals surface area contributed by atoms with Crippen LogP contribution in [0.4, 0.5) is 26.3 Å². The van der Waals surface area contributed by atoms with E-state index in [1.54, 1.807) is 14.1 Å². The summed E-state index contributed by atoms with van der Waals surface area (Å²) < 4.78 is 75.4. The number of carbonyl (C=O) groups excluding carboxylic acids is 1. The van der Waals surface area contributed by atoms with Crippen molar-refractivity contribution in [3.63, 3.8) is 0 Å². The fourth-order valence-corrected chi connectivity index (χ4v) is 2.39. The van der Waals surface area contributed by atoms with Crippen molar-refractivity contribution in [3.05, 3.63) is 0 Å². The van der Waals surface area contributed by atoms with Gasteiger partial charge in [0.2, 0.25) is 11.8 Å². The Morgan fingerprint density at radius 1 is 1.24 bits per heavy atom. The monoisotopic (exact) mass is 322 g/mol. The van der Waals surface area contributed by atoms with Crippen LogP contribution in [0, 0.1) is 5.92 Å². The molecule has 1 aliphatic heterocycles. The standard InChI is InChI=1S/C11H16F6N2O2/c1-18(2)4-6-3-7(20)5-19(6)9(21)8(10(12,13)14)11(15,16)17/h6-8,20H,3-5H2,1-2H3. The number of halogens is 6. The fraction of sp³-hybridized carbons (Fsp3) is 0.909. The van der Waals surface area contributed by atoms with Gasteiger partial charge >= 0.3 is 12.4 Å². The lowest BCUT2D eigenvalue weighted by molar-refractivity contribution is -0.277. The van der Waals surface area contributed by atoms with Gasteiger partial charge in [-0.3, -0.25) is 4.79 Å². The average Bonchev–Trinajstić information content (AvgIpc) is 2.53. The number of hydrogen-bond donors (Lipinski definition) is 1. The number of alkyl halides is 6. The molecule has 0 aromatic rings. The largest absolute Gasteiger partial charge is 0.409 e. The first-order chi connectivity index (χ1) is 9.34. The van der Waals surface area contributed by atoms with Crippen molar-refractivity contribution < 1.29 is 36.2 Å². The third kappa shape index (κ3) is 4.47. The van der Waals surface area contributed by atoms with Gasteiger partial charge in [0, 0.05) is 19.1 Å². The van der Waals surface area contributed by atoms with Crippen molar-refractivity contribution in [1.82, 2.24) is 9.80 Å². The predicted octanol–water partition coefficient (Wildman–Crippen LogP) is 1.25. The topological polar surface area (TPSA) is 43.8 Å². The van der Waals surface area contributed by atoms with Crippen molar-refractivity contribution in [2.75, 3.05) is 27.2 Å². The van der Waals surface area contributed by atoms with Crippen LogP contribution in [-0.4, -0.2) is 72.5 Å². The van der Waals surface area contributed by atoms with Gasteiger partial charge in [0.1, 0.15) is 0 Å². The van der Waals surface area contributed by atoms with Gasteiger partial charge in [-0.2, -0.15) is 26.3 Å². The summed E-state index contributed by atoms with van der Waals surface area (Å²) in [5.74, 6) is -6.11. The molecular weight excluding hydrogens is 306 g/mol. The molecule has 2 atom stereocenters. The fourth-order valence-electron chi connectivity index (χ4n) is 2.39. The van der Waals surface area contributed by atoms with Crippen LogP contribution in [-0.2, 0) is 4.79 Å². The maximum absolute atomic E-state index is 12.6. The van der Waals surface area contributed by atoms with E-state index in [-0.39, 0.29) is 13.0 Å². The number of rotatable bonds is 3. The second-order valence-electron chi connectivity index (χ2n) is 5.31. The number of amides is 1. The van der Waals surface area contributed by atoms with Crippen molar-refractivity contribution >= 4 is 5.91 Å². The molecule has 1 fully saturated rings. The lowest BCUT2D eigenvalue weighted by atomic mass is 10.1. The summed E-state index contributed by atoms with van der Waals surface area (Å²) in [4.78, 5) is 13.7. The van der Waals surface area contributed by atoms with E-state index >= 15 is 0 Å². The van der Waals surface area contributed by atoms with E-state index in [0.717, 1.165) is 0 Å². The van der Waals surface area contributed by atoms with Gasteiger partial charge in [-0.05, 0) is 20.5 Å². The Morgan fingerprint density at radius 3 is 2.10 bits per heavy atom. The lowest BCUT2D eigenvalue weighted by Gasteiger charge is -2.31. The van der Waals surface area contributed by atoms with Crippen molar-refractivity contribution in [2.45, 2.75) is 30.9 Å². The summed E-state index contributed by atoms with van der Waals surface area (Å²) in [7, 11) is 3.14. The average molecular weight is 322 g/mol. The molecule has 2 unspecified atom stereocenters. The van der Waals surface area contributed by atoms with Gasteiger partial charge in [-0.15, -0.1) is 0 Å². The molecule has 4 nitrogen and oxygen atoms in total. The van der Waals surface area contributed by atoms with Crippen LogP contribution < -0.4 is 0 Å². The van der Waals surface area contributed by atoms with Gasteiger partial charge in [0.25, 0.3) is 0 Å². The van der Waals surface area contributed by atoms with Crippen LogP contribution in [0.25, 0.3) is 0 Å². The number of aliphatic hydroxyl groups is 1. The van der Waals surface area contributed by atoms with Crippen LogP contribution in [0.2, 0.25) is 0 Å². The number of nitrogens with zero attached hydrogens (tertiary/aromatic N) is 2. The molecule has 0 bridgehead atoms. The van der Waals surface area contributed by atoms with Crippen molar-refractivity contribution in [2.24, 2.45) is 5.92 Å². The molecule has 21 heavy (non-hydrogen) atoms. The van der Waals surface area contributed by atoms with Crippen LogP contribution >= 0.6 is 0 Å². The highest BCUT2D eigenvalue weighted by atomic mass is 19.4. The molecule has 124 valence electrons. The van der Waals surface area contributed by atoms with Crippen molar-refractivity contribution in [3.8, 4) is 0 Å². The smallest absolute Gasteiger partial charge is 0.391 e. The summed E-state index contributed by atoms with van der Waals surface area (Å²) in [6, 6.07) is -0.880. The Balaban J connectivity index is 3.02. The van der Waals surface area contributed by atoms with E-state index in [4.69, 9.17) is 0 Å². The molecule has 1 aliphatic rings. The van der Waals surface area contributed by atoms with Crippen LogP contribution in [0.5, 0.6) is 0 Å². The maximum Gasteiger partial charge on any atom is 0.409 e. The molecule has 1 heterocycles. The van der Waals surface area contributed by atoms with Crippen LogP contribution in [0.15, 0.2) is 0 Å². The minimum absolute atomic E-state index is 0.0493. The summed E-state index contributed by atoms with van der Waals surface area (Å²) in [5.41, 5.74) is 0. The predicted molar refractivity (Wildman–Crippen MR) is 60.3 cm³/mol. The molecule has 1 rings (SSSR count). The number of β-amino-alcohol motifs (C(OH)–C–C–N with tert-alkyl or cyclic N) is 1. The normalized spacial score (nSPS) is 24.2. The highest BCUT2D eigenvalue weighted by Crippen LogP contribution is 2.41. The zero-order chi connectivity index (χ0) is 16.6. The van der Waals surface area contributed by atoms with E-state index in [0.29, 0.717) is 4.90 Å². The summed E-state index contributed by atoms with van der Waals surface area (Å²) in [6.45, 7) is -0.453. The third-order valence-corrected chi connectivity index (χ3v) is 3.15. The van der Waals surface area contributed by atoms with Gasteiger partial charge in [-0.25, -0.2) is 0 Å². The molecule has 0 spiro atoms. The number of aliphatic hydroxyl groups excluding tert-OH is 1. The Hall–Kier alpha value is -1.03. The zero-order valence-corrected chi connectivity index (χ0v) is 11.4. The molecule has 1 saturated heterocycles.